The van der Waals surface area contributed by atoms with E-state index in [4.69, 9.17) is 0 Å². The summed E-state index contributed by atoms with van der Waals surface area (Å²) in [5.41, 5.74) is 1.61. The molecular formula is C15H16O4S. The third kappa shape index (κ3) is 2.14. The van der Waals surface area contributed by atoms with Crippen molar-refractivity contribution in [1.29, 1.82) is 0 Å². The van der Waals surface area contributed by atoms with E-state index in [1.807, 2.05) is 0 Å². The van der Waals surface area contributed by atoms with Crippen LogP contribution >= 0.6 is 0 Å². The van der Waals surface area contributed by atoms with E-state index in [1.54, 1.807) is 19.9 Å². The molecule has 0 saturated carbocycles. The number of benzene rings is 2. The van der Waals surface area contributed by atoms with Gasteiger partial charge in [-0.2, -0.15) is 0 Å². The smallest absolute Gasteiger partial charge is 0.210 e. The lowest BCUT2D eigenvalue weighted by atomic mass is 10.1. The van der Waals surface area contributed by atoms with Gasteiger partial charge in [0.15, 0.2) is 0 Å². The molecule has 5 heteroatoms. The normalized spacial score (nSPS) is 11.6. The van der Waals surface area contributed by atoms with Crippen molar-refractivity contribution in [2.45, 2.75) is 30.6 Å². The summed E-state index contributed by atoms with van der Waals surface area (Å²) >= 11 is 0. The molecule has 2 aromatic rings. The van der Waals surface area contributed by atoms with Crippen LogP contribution in [0, 0.1) is 20.8 Å². The fourth-order valence-corrected chi connectivity index (χ4v) is 3.66. The predicted octanol–water partition coefficient (Wildman–Crippen LogP) is 2.86. The number of phenols is 2. The number of phenolic OH excluding ortho intramolecular Hbond substituents is 2. The highest BCUT2D eigenvalue weighted by Gasteiger charge is 2.25. The lowest BCUT2D eigenvalue weighted by Crippen LogP contribution is -2.05. The van der Waals surface area contributed by atoms with Gasteiger partial charge in [-0.3, -0.25) is 0 Å². The molecule has 0 atom stereocenters. The molecule has 0 aliphatic rings. The highest BCUT2D eigenvalue weighted by Crippen LogP contribution is 2.35. The lowest BCUT2D eigenvalue weighted by molar-refractivity contribution is 0.453. The summed E-state index contributed by atoms with van der Waals surface area (Å²) in [5, 5.41) is 19.7. The van der Waals surface area contributed by atoms with Crippen LogP contribution in [0.4, 0.5) is 0 Å². The fourth-order valence-electron chi connectivity index (χ4n) is 2.01. The van der Waals surface area contributed by atoms with E-state index in [-0.39, 0.29) is 26.9 Å². The van der Waals surface area contributed by atoms with Crippen LogP contribution < -0.4 is 0 Å². The Morgan fingerprint density at radius 2 is 1.50 bits per heavy atom. The Hall–Kier alpha value is -2.01. The first kappa shape index (κ1) is 14.4. The zero-order valence-corrected chi connectivity index (χ0v) is 12.3. The minimum absolute atomic E-state index is 0.00365. The minimum Gasteiger partial charge on any atom is -0.508 e. The molecule has 2 rings (SSSR count). The molecule has 0 radical (unpaired) electrons. The van der Waals surface area contributed by atoms with Gasteiger partial charge in [-0.05, 0) is 50.1 Å². The van der Waals surface area contributed by atoms with Crippen molar-refractivity contribution in [3.63, 3.8) is 0 Å². The second kappa shape index (κ2) is 4.83. The first-order chi connectivity index (χ1) is 9.26. The maximum atomic E-state index is 12.6. The second-order valence-electron chi connectivity index (χ2n) is 4.76. The van der Waals surface area contributed by atoms with E-state index in [0.717, 1.165) is 5.56 Å². The molecule has 106 valence electrons. The summed E-state index contributed by atoms with van der Waals surface area (Å²) in [7, 11) is -3.87. The monoisotopic (exact) mass is 292 g/mol. The summed E-state index contributed by atoms with van der Waals surface area (Å²) in [6.07, 6.45) is 0. The van der Waals surface area contributed by atoms with Gasteiger partial charge in [-0.1, -0.05) is 12.1 Å². The summed E-state index contributed by atoms with van der Waals surface area (Å²) in [6, 6.07) is 7.34. The van der Waals surface area contributed by atoms with Crippen molar-refractivity contribution in [2.75, 3.05) is 0 Å². The molecule has 0 bridgehead atoms. The molecule has 2 N–H and O–H groups in total. The number of rotatable bonds is 2. The largest absolute Gasteiger partial charge is 0.508 e. The molecular weight excluding hydrogens is 276 g/mol. The van der Waals surface area contributed by atoms with Crippen molar-refractivity contribution < 1.29 is 18.6 Å². The van der Waals surface area contributed by atoms with Gasteiger partial charge in [0.1, 0.15) is 16.4 Å². The molecule has 0 unspecified atom stereocenters. The molecule has 20 heavy (non-hydrogen) atoms. The van der Waals surface area contributed by atoms with Gasteiger partial charge in [-0.25, -0.2) is 8.42 Å². The van der Waals surface area contributed by atoms with Crippen molar-refractivity contribution in [3.05, 3.63) is 47.0 Å². The van der Waals surface area contributed by atoms with Crippen LogP contribution in [0.1, 0.15) is 16.7 Å². The number of hydrogen-bond donors (Lipinski definition) is 2. The van der Waals surface area contributed by atoms with Gasteiger partial charge in [0.25, 0.3) is 0 Å². The van der Waals surface area contributed by atoms with E-state index < -0.39 is 9.84 Å². The van der Waals surface area contributed by atoms with Gasteiger partial charge in [0.05, 0.1) is 4.90 Å². The van der Waals surface area contributed by atoms with Crippen LogP contribution in [0.3, 0.4) is 0 Å². The van der Waals surface area contributed by atoms with Crippen molar-refractivity contribution in [1.82, 2.24) is 0 Å². The van der Waals surface area contributed by atoms with E-state index in [2.05, 4.69) is 0 Å². The Bertz CT molecular complexity index is 777. The van der Waals surface area contributed by atoms with Gasteiger partial charge in [0.2, 0.25) is 9.84 Å². The molecule has 0 aromatic heterocycles. The first-order valence-electron chi connectivity index (χ1n) is 6.09. The highest BCUT2D eigenvalue weighted by molar-refractivity contribution is 7.91. The maximum absolute atomic E-state index is 12.6. The van der Waals surface area contributed by atoms with Crippen molar-refractivity contribution >= 4 is 9.84 Å². The molecule has 0 saturated heterocycles. The van der Waals surface area contributed by atoms with Crippen LogP contribution in [-0.2, 0) is 9.84 Å². The third-order valence-electron chi connectivity index (χ3n) is 3.50. The van der Waals surface area contributed by atoms with Crippen LogP contribution in [0.2, 0.25) is 0 Å². The van der Waals surface area contributed by atoms with Gasteiger partial charge < -0.3 is 10.2 Å². The number of hydrogen-bond acceptors (Lipinski definition) is 4. The average Bonchev–Trinajstić information content (AvgIpc) is 2.38. The standard InChI is InChI=1S/C15H16O4S/c1-9-7-8-14(15(17)10(9)2)20(18,19)13-6-4-5-12(16)11(13)3/h4-8,16-17H,1-3H3. The highest BCUT2D eigenvalue weighted by atomic mass is 32.2. The molecule has 0 fully saturated rings. The zero-order chi connectivity index (χ0) is 15.1. The molecule has 0 aliphatic carbocycles. The van der Waals surface area contributed by atoms with E-state index >= 15 is 0 Å². The lowest BCUT2D eigenvalue weighted by Gasteiger charge is -2.12. The third-order valence-corrected chi connectivity index (χ3v) is 5.43. The molecule has 0 heterocycles. The average molecular weight is 292 g/mol. The summed E-state index contributed by atoms with van der Waals surface area (Å²) in [6.45, 7) is 4.99. The number of aryl methyl sites for hydroxylation is 1. The number of aromatic hydroxyl groups is 2. The van der Waals surface area contributed by atoms with Crippen LogP contribution in [0.25, 0.3) is 0 Å². The van der Waals surface area contributed by atoms with Crippen LogP contribution in [-0.4, -0.2) is 18.6 Å². The van der Waals surface area contributed by atoms with Crippen LogP contribution in [0.5, 0.6) is 11.5 Å². The molecule has 0 amide bonds. The summed E-state index contributed by atoms with van der Waals surface area (Å²) in [4.78, 5) is -0.148. The Labute approximate surface area is 118 Å². The van der Waals surface area contributed by atoms with Crippen molar-refractivity contribution in [3.8, 4) is 11.5 Å². The van der Waals surface area contributed by atoms with Crippen LogP contribution in [0.15, 0.2) is 40.1 Å². The maximum Gasteiger partial charge on any atom is 0.210 e. The molecule has 4 nitrogen and oxygen atoms in total. The molecule has 0 aliphatic heterocycles. The van der Waals surface area contributed by atoms with Gasteiger partial charge >= 0.3 is 0 Å². The topological polar surface area (TPSA) is 74.6 Å². The first-order valence-corrected chi connectivity index (χ1v) is 7.58. The molecule has 2 aromatic carbocycles. The van der Waals surface area contributed by atoms with E-state index in [9.17, 15) is 18.6 Å². The molecule has 0 spiro atoms. The van der Waals surface area contributed by atoms with Gasteiger partial charge in [-0.15, -0.1) is 0 Å². The zero-order valence-electron chi connectivity index (χ0n) is 11.5. The summed E-state index contributed by atoms with van der Waals surface area (Å²) in [5.74, 6) is -0.331. The Balaban J connectivity index is 2.74. The second-order valence-corrected chi connectivity index (χ2v) is 6.64. The SMILES string of the molecule is Cc1ccc(S(=O)(=O)c2cccc(O)c2C)c(O)c1C. The summed E-state index contributed by atoms with van der Waals surface area (Å²) < 4.78 is 25.2. The van der Waals surface area contributed by atoms with Gasteiger partial charge in [0, 0.05) is 5.56 Å². The Morgan fingerprint density at radius 3 is 2.15 bits per heavy atom. The quantitative estimate of drug-likeness (QED) is 0.892. The van der Waals surface area contributed by atoms with E-state index in [1.165, 1.54) is 31.2 Å². The minimum atomic E-state index is -3.87. The van der Waals surface area contributed by atoms with E-state index in [0.29, 0.717) is 5.56 Å². The number of sulfone groups is 1. The Kier molecular flexibility index (Phi) is 3.48. The Morgan fingerprint density at radius 1 is 0.850 bits per heavy atom. The fraction of sp³-hybridized carbons (Fsp3) is 0.200. The predicted molar refractivity (Wildman–Crippen MR) is 75.9 cm³/mol. The van der Waals surface area contributed by atoms with Crippen molar-refractivity contribution in [2.24, 2.45) is 0 Å².